The minimum atomic E-state index is -3.53. The Morgan fingerprint density at radius 2 is 1.70 bits per heavy atom. The Balaban J connectivity index is 1.84. The number of nitrogens with zero attached hydrogens (tertiary/aromatic N) is 1. The molecular formula is C22H22ClNO2S. The summed E-state index contributed by atoms with van der Waals surface area (Å²) < 4.78 is 27.9. The van der Waals surface area contributed by atoms with E-state index in [9.17, 15) is 8.42 Å². The fourth-order valence-corrected chi connectivity index (χ4v) is 5.57. The Morgan fingerprint density at radius 3 is 2.37 bits per heavy atom. The maximum atomic E-state index is 13.2. The van der Waals surface area contributed by atoms with Crippen LogP contribution in [0.4, 0.5) is 0 Å². The van der Waals surface area contributed by atoms with Crippen molar-refractivity contribution in [3.05, 3.63) is 75.8 Å². The lowest BCUT2D eigenvalue weighted by molar-refractivity contribution is 0.431. The molecule has 27 heavy (non-hydrogen) atoms. The summed E-state index contributed by atoms with van der Waals surface area (Å²) in [7, 11) is -3.53. The molecule has 5 heteroatoms. The first kappa shape index (κ1) is 18.5. The number of aryl methyl sites for hydroxylation is 1. The summed E-state index contributed by atoms with van der Waals surface area (Å²) in [6.45, 7) is 7.03. The van der Waals surface area contributed by atoms with Gasteiger partial charge in [-0.25, -0.2) is 8.42 Å². The number of sulfonamides is 1. The Kier molecular flexibility index (Phi) is 4.53. The first-order valence-corrected chi connectivity index (χ1v) is 10.9. The van der Waals surface area contributed by atoms with E-state index in [4.69, 9.17) is 11.6 Å². The van der Waals surface area contributed by atoms with Gasteiger partial charge in [0.15, 0.2) is 0 Å². The quantitative estimate of drug-likeness (QED) is 0.572. The van der Waals surface area contributed by atoms with Crippen molar-refractivity contribution in [1.29, 1.82) is 0 Å². The Morgan fingerprint density at radius 1 is 1.00 bits per heavy atom. The van der Waals surface area contributed by atoms with Crippen LogP contribution in [0.15, 0.2) is 53.4 Å². The zero-order chi connectivity index (χ0) is 19.3. The van der Waals surface area contributed by atoms with Crippen LogP contribution in [0.1, 0.15) is 42.0 Å². The molecule has 0 amide bonds. The van der Waals surface area contributed by atoms with Crippen LogP contribution in [-0.2, 0) is 23.1 Å². The van der Waals surface area contributed by atoms with E-state index in [1.807, 2.05) is 31.2 Å². The van der Waals surface area contributed by atoms with Crippen molar-refractivity contribution in [3.8, 4) is 0 Å². The van der Waals surface area contributed by atoms with Gasteiger partial charge in [0.2, 0.25) is 10.0 Å². The topological polar surface area (TPSA) is 37.4 Å². The summed E-state index contributed by atoms with van der Waals surface area (Å²) in [5.74, 6) is 0.281. The van der Waals surface area contributed by atoms with Crippen LogP contribution in [0.2, 0.25) is 5.02 Å². The molecule has 0 saturated heterocycles. The van der Waals surface area contributed by atoms with E-state index in [2.05, 4.69) is 26.0 Å². The van der Waals surface area contributed by atoms with Crippen molar-refractivity contribution in [1.82, 2.24) is 4.31 Å². The third-order valence-electron chi connectivity index (χ3n) is 5.29. The average Bonchev–Trinajstić information content (AvgIpc) is 3.05. The fraction of sp³-hybridized carbons (Fsp3) is 0.273. The highest BCUT2D eigenvalue weighted by Crippen LogP contribution is 2.40. The summed E-state index contributed by atoms with van der Waals surface area (Å²) in [4.78, 5) is 0.342. The Hall–Kier alpha value is -1.88. The lowest BCUT2D eigenvalue weighted by Gasteiger charge is -2.17. The van der Waals surface area contributed by atoms with Gasteiger partial charge in [-0.2, -0.15) is 4.31 Å². The van der Waals surface area contributed by atoms with Gasteiger partial charge in [-0.1, -0.05) is 55.3 Å². The molecule has 0 spiro atoms. The third-order valence-corrected chi connectivity index (χ3v) is 7.43. The molecule has 3 nitrogen and oxygen atoms in total. The number of halogens is 1. The van der Waals surface area contributed by atoms with E-state index in [-0.39, 0.29) is 5.92 Å². The number of hydrogen-bond acceptors (Lipinski definition) is 2. The van der Waals surface area contributed by atoms with E-state index >= 15 is 0 Å². The molecule has 1 aliphatic rings. The monoisotopic (exact) mass is 399 g/mol. The summed E-state index contributed by atoms with van der Waals surface area (Å²) in [5.41, 5.74) is 4.42. The molecule has 0 atom stereocenters. The van der Waals surface area contributed by atoms with E-state index in [1.165, 1.54) is 5.56 Å². The average molecular weight is 400 g/mol. The molecule has 3 aromatic rings. The summed E-state index contributed by atoms with van der Waals surface area (Å²) >= 11 is 6.44. The first-order valence-electron chi connectivity index (χ1n) is 9.08. The van der Waals surface area contributed by atoms with Crippen LogP contribution in [-0.4, -0.2) is 12.7 Å². The van der Waals surface area contributed by atoms with Gasteiger partial charge in [0.25, 0.3) is 0 Å². The predicted octanol–water partition coefficient (Wildman–Crippen LogP) is 5.63. The maximum absolute atomic E-state index is 13.2. The molecular weight excluding hydrogens is 378 g/mol. The standard InChI is InChI=1S/C22H22ClNO2S/c1-14(2)22-18-5-4-6-21(23)19(18)11-16-12-24(13-20(16)22)27(25,26)17-9-7-15(3)8-10-17/h4-11,14H,12-13H2,1-3H3. The molecule has 3 aromatic carbocycles. The molecule has 0 aliphatic carbocycles. The SMILES string of the molecule is Cc1ccc(S(=O)(=O)N2Cc3cc4c(Cl)cccc4c(C(C)C)c3C2)cc1. The van der Waals surface area contributed by atoms with Crippen LogP contribution in [0.25, 0.3) is 10.8 Å². The molecule has 1 heterocycles. The van der Waals surface area contributed by atoms with E-state index in [0.29, 0.717) is 23.0 Å². The van der Waals surface area contributed by atoms with E-state index in [1.54, 1.807) is 16.4 Å². The van der Waals surface area contributed by atoms with Gasteiger partial charge in [0.1, 0.15) is 0 Å². The highest BCUT2D eigenvalue weighted by Gasteiger charge is 2.33. The minimum Gasteiger partial charge on any atom is -0.207 e. The normalized spacial score (nSPS) is 14.9. The number of benzene rings is 3. The minimum absolute atomic E-state index is 0.281. The van der Waals surface area contributed by atoms with Gasteiger partial charge in [0, 0.05) is 23.5 Å². The number of rotatable bonds is 3. The second-order valence-corrected chi connectivity index (χ2v) is 9.85. The summed E-state index contributed by atoms with van der Waals surface area (Å²) in [5, 5.41) is 2.82. The highest BCUT2D eigenvalue weighted by atomic mass is 35.5. The van der Waals surface area contributed by atoms with Crippen molar-refractivity contribution in [2.45, 2.75) is 44.7 Å². The first-order chi connectivity index (χ1) is 12.8. The molecule has 0 aromatic heterocycles. The lowest BCUT2D eigenvalue weighted by Crippen LogP contribution is -2.25. The molecule has 0 saturated carbocycles. The number of fused-ring (bicyclic) bond motifs is 2. The van der Waals surface area contributed by atoms with Crippen molar-refractivity contribution in [2.75, 3.05) is 0 Å². The maximum Gasteiger partial charge on any atom is 0.243 e. The van der Waals surface area contributed by atoms with E-state index in [0.717, 1.165) is 27.5 Å². The van der Waals surface area contributed by atoms with Crippen molar-refractivity contribution < 1.29 is 8.42 Å². The van der Waals surface area contributed by atoms with Gasteiger partial charge in [-0.05, 0) is 59.2 Å². The summed E-state index contributed by atoms with van der Waals surface area (Å²) in [6, 6.07) is 15.0. The van der Waals surface area contributed by atoms with Crippen molar-refractivity contribution in [2.24, 2.45) is 0 Å². The zero-order valence-electron chi connectivity index (χ0n) is 15.7. The molecule has 4 rings (SSSR count). The summed E-state index contributed by atoms with van der Waals surface area (Å²) in [6.07, 6.45) is 0. The molecule has 0 unspecified atom stereocenters. The van der Waals surface area contributed by atoms with Crippen LogP contribution < -0.4 is 0 Å². The van der Waals surface area contributed by atoms with Crippen molar-refractivity contribution in [3.63, 3.8) is 0 Å². The van der Waals surface area contributed by atoms with Crippen LogP contribution in [0.5, 0.6) is 0 Å². The predicted molar refractivity (Wildman–Crippen MR) is 111 cm³/mol. The Labute approximate surface area is 165 Å². The lowest BCUT2D eigenvalue weighted by atomic mass is 9.89. The molecule has 0 radical (unpaired) electrons. The second-order valence-electron chi connectivity index (χ2n) is 7.50. The van der Waals surface area contributed by atoms with Crippen molar-refractivity contribution >= 4 is 32.4 Å². The van der Waals surface area contributed by atoms with Crippen LogP contribution in [0, 0.1) is 6.92 Å². The van der Waals surface area contributed by atoms with Crippen LogP contribution in [0.3, 0.4) is 0 Å². The van der Waals surface area contributed by atoms with Crippen LogP contribution >= 0.6 is 11.6 Å². The van der Waals surface area contributed by atoms with Gasteiger partial charge >= 0.3 is 0 Å². The molecule has 140 valence electrons. The third kappa shape index (κ3) is 3.06. The molecule has 0 fully saturated rings. The fourth-order valence-electron chi connectivity index (χ4n) is 3.95. The van der Waals surface area contributed by atoms with Gasteiger partial charge in [-0.15, -0.1) is 0 Å². The van der Waals surface area contributed by atoms with E-state index < -0.39 is 10.0 Å². The second kappa shape index (κ2) is 6.62. The molecule has 0 N–H and O–H groups in total. The molecule has 0 bridgehead atoms. The smallest absolute Gasteiger partial charge is 0.207 e. The Bertz CT molecular complexity index is 1140. The van der Waals surface area contributed by atoms with Gasteiger partial charge < -0.3 is 0 Å². The number of hydrogen-bond donors (Lipinski definition) is 0. The van der Waals surface area contributed by atoms with Gasteiger partial charge in [0.05, 0.1) is 4.90 Å². The largest absolute Gasteiger partial charge is 0.243 e. The zero-order valence-corrected chi connectivity index (χ0v) is 17.2. The highest BCUT2D eigenvalue weighted by molar-refractivity contribution is 7.89. The molecule has 1 aliphatic heterocycles. The van der Waals surface area contributed by atoms with Gasteiger partial charge in [-0.3, -0.25) is 0 Å².